The highest BCUT2D eigenvalue weighted by Gasteiger charge is 2.38. The minimum absolute atomic E-state index is 0.225. The van der Waals surface area contributed by atoms with Gasteiger partial charge in [0.1, 0.15) is 0 Å². The van der Waals surface area contributed by atoms with E-state index in [1.807, 2.05) is 0 Å². The first kappa shape index (κ1) is 13.9. The van der Waals surface area contributed by atoms with Gasteiger partial charge < -0.3 is 10.4 Å². The van der Waals surface area contributed by atoms with Crippen LogP contribution in [-0.4, -0.2) is 24.3 Å². The lowest BCUT2D eigenvalue weighted by Crippen LogP contribution is -2.43. The zero-order valence-corrected chi connectivity index (χ0v) is 12.4. The Bertz CT molecular complexity index is 280. The third-order valence-electron chi connectivity index (χ3n) is 6.48. The summed E-state index contributed by atoms with van der Waals surface area (Å²) in [5.74, 6) is 0. The van der Waals surface area contributed by atoms with Gasteiger partial charge in [0.2, 0.25) is 0 Å². The van der Waals surface area contributed by atoms with E-state index in [-0.39, 0.29) is 5.41 Å². The Morgan fingerprint density at radius 2 is 1.42 bits per heavy atom. The molecule has 0 radical (unpaired) electrons. The summed E-state index contributed by atoms with van der Waals surface area (Å²) < 4.78 is 0. The normalized spacial score (nSPS) is 30.2. The molecule has 2 nitrogen and oxygen atoms in total. The van der Waals surface area contributed by atoms with Crippen LogP contribution in [0.4, 0.5) is 0 Å². The maximum atomic E-state index is 9.67. The maximum absolute atomic E-state index is 9.67. The highest BCUT2D eigenvalue weighted by atomic mass is 16.3. The second kappa shape index (κ2) is 5.73. The summed E-state index contributed by atoms with van der Waals surface area (Å²) in [7, 11) is 0. The van der Waals surface area contributed by atoms with E-state index in [0.717, 1.165) is 18.0 Å². The minimum Gasteiger partial charge on any atom is -0.396 e. The molecule has 0 aromatic heterocycles. The van der Waals surface area contributed by atoms with Crippen molar-refractivity contribution in [3.05, 3.63) is 0 Å². The summed E-state index contributed by atoms with van der Waals surface area (Å²) >= 11 is 0. The van der Waals surface area contributed by atoms with Gasteiger partial charge in [-0.05, 0) is 56.8 Å². The molecule has 0 atom stereocenters. The molecule has 2 heteroatoms. The molecule has 2 N–H and O–H groups in total. The zero-order valence-electron chi connectivity index (χ0n) is 12.4. The number of nitrogens with one attached hydrogen (secondary N) is 1. The molecule has 3 rings (SSSR count). The molecule has 3 fully saturated rings. The van der Waals surface area contributed by atoms with Crippen molar-refractivity contribution in [2.24, 2.45) is 10.8 Å². The fourth-order valence-electron chi connectivity index (χ4n) is 4.94. The number of hydrogen-bond donors (Lipinski definition) is 2. The predicted molar refractivity (Wildman–Crippen MR) is 79.1 cm³/mol. The lowest BCUT2D eigenvalue weighted by atomic mass is 9.71. The molecule has 19 heavy (non-hydrogen) atoms. The quantitative estimate of drug-likeness (QED) is 0.813. The molecule has 110 valence electrons. The van der Waals surface area contributed by atoms with E-state index in [9.17, 15) is 5.11 Å². The van der Waals surface area contributed by atoms with Gasteiger partial charge in [0.05, 0.1) is 0 Å². The lowest BCUT2D eigenvalue weighted by Gasteiger charge is -2.39. The average molecular weight is 265 g/mol. The number of hydrogen-bond acceptors (Lipinski definition) is 2. The van der Waals surface area contributed by atoms with E-state index in [1.54, 1.807) is 0 Å². The van der Waals surface area contributed by atoms with E-state index >= 15 is 0 Å². The van der Waals surface area contributed by atoms with Crippen molar-refractivity contribution in [3.63, 3.8) is 0 Å². The second-order valence-electron chi connectivity index (χ2n) is 7.73. The Morgan fingerprint density at radius 1 is 0.842 bits per heavy atom. The Morgan fingerprint density at radius 3 is 2.00 bits per heavy atom. The van der Waals surface area contributed by atoms with Crippen LogP contribution in [0.25, 0.3) is 0 Å². The highest BCUT2D eigenvalue weighted by molar-refractivity contribution is 4.93. The Balaban J connectivity index is 1.44. The molecule has 0 aromatic rings. The number of aliphatic hydroxyl groups is 1. The van der Waals surface area contributed by atoms with Gasteiger partial charge in [0.15, 0.2) is 0 Å². The van der Waals surface area contributed by atoms with E-state index in [4.69, 9.17) is 0 Å². The van der Waals surface area contributed by atoms with Crippen molar-refractivity contribution in [2.45, 2.75) is 83.1 Å². The Labute approximate surface area is 118 Å². The van der Waals surface area contributed by atoms with Crippen molar-refractivity contribution in [1.29, 1.82) is 0 Å². The van der Waals surface area contributed by atoms with Crippen LogP contribution in [0.15, 0.2) is 0 Å². The van der Waals surface area contributed by atoms with E-state index in [1.165, 1.54) is 77.0 Å². The van der Waals surface area contributed by atoms with Crippen LogP contribution in [0.1, 0.15) is 77.0 Å². The summed E-state index contributed by atoms with van der Waals surface area (Å²) in [6, 6.07) is 0.732. The second-order valence-corrected chi connectivity index (χ2v) is 7.73. The summed E-state index contributed by atoms with van der Waals surface area (Å²) in [5.41, 5.74) is 0.975. The van der Waals surface area contributed by atoms with Crippen molar-refractivity contribution in [1.82, 2.24) is 5.32 Å². The number of aliphatic hydroxyl groups excluding tert-OH is 1. The molecule has 0 amide bonds. The van der Waals surface area contributed by atoms with Crippen molar-refractivity contribution < 1.29 is 5.11 Å². The van der Waals surface area contributed by atoms with Crippen LogP contribution in [-0.2, 0) is 0 Å². The first-order chi connectivity index (χ1) is 9.26. The monoisotopic (exact) mass is 265 g/mol. The van der Waals surface area contributed by atoms with Crippen molar-refractivity contribution in [3.8, 4) is 0 Å². The molecule has 0 bridgehead atoms. The summed E-state index contributed by atoms with van der Waals surface area (Å²) in [5, 5.41) is 13.5. The third-order valence-corrected chi connectivity index (χ3v) is 6.48. The lowest BCUT2D eigenvalue weighted by molar-refractivity contribution is 0.112. The number of rotatable bonds is 4. The predicted octanol–water partition coefficient (Wildman–Crippen LogP) is 3.63. The van der Waals surface area contributed by atoms with Crippen molar-refractivity contribution in [2.75, 3.05) is 13.2 Å². The highest BCUT2D eigenvalue weighted by Crippen LogP contribution is 2.49. The summed E-state index contributed by atoms with van der Waals surface area (Å²) in [4.78, 5) is 0. The molecule has 0 saturated heterocycles. The van der Waals surface area contributed by atoms with Crippen molar-refractivity contribution >= 4 is 0 Å². The van der Waals surface area contributed by atoms with E-state index < -0.39 is 0 Å². The standard InChI is InChI=1S/C17H31NO/c19-14-17(9-3-4-10-17)13-18-15-5-11-16(12-6-15)7-1-2-8-16/h15,18-19H,1-14H2. The smallest absolute Gasteiger partial charge is 0.0499 e. The van der Waals surface area contributed by atoms with Gasteiger partial charge in [-0.2, -0.15) is 0 Å². The van der Waals surface area contributed by atoms with Gasteiger partial charge in [0.25, 0.3) is 0 Å². The van der Waals surface area contributed by atoms with E-state index in [2.05, 4.69) is 5.32 Å². The molecule has 1 spiro atoms. The topological polar surface area (TPSA) is 32.3 Å². The fraction of sp³-hybridized carbons (Fsp3) is 1.00. The minimum atomic E-state index is 0.225. The van der Waals surface area contributed by atoms with Crippen LogP contribution in [0.2, 0.25) is 0 Å². The third kappa shape index (κ3) is 3.00. The largest absolute Gasteiger partial charge is 0.396 e. The molecule has 3 aliphatic carbocycles. The molecular formula is C17H31NO. The first-order valence-corrected chi connectivity index (χ1v) is 8.60. The molecule has 0 aliphatic heterocycles. The maximum Gasteiger partial charge on any atom is 0.0499 e. The van der Waals surface area contributed by atoms with Gasteiger partial charge in [-0.3, -0.25) is 0 Å². The van der Waals surface area contributed by atoms with Crippen LogP contribution in [0.3, 0.4) is 0 Å². The summed E-state index contributed by atoms with van der Waals surface area (Å²) in [6.07, 6.45) is 16.7. The molecule has 0 heterocycles. The Hall–Kier alpha value is -0.0800. The first-order valence-electron chi connectivity index (χ1n) is 8.60. The molecular weight excluding hydrogens is 234 g/mol. The van der Waals surface area contributed by atoms with Gasteiger partial charge in [0, 0.05) is 24.6 Å². The van der Waals surface area contributed by atoms with Gasteiger partial charge in [-0.15, -0.1) is 0 Å². The van der Waals surface area contributed by atoms with Crippen LogP contribution in [0, 0.1) is 10.8 Å². The van der Waals surface area contributed by atoms with Crippen LogP contribution >= 0.6 is 0 Å². The summed E-state index contributed by atoms with van der Waals surface area (Å²) in [6.45, 7) is 1.44. The van der Waals surface area contributed by atoms with Gasteiger partial charge >= 0.3 is 0 Å². The zero-order chi connectivity index (χ0) is 13.2. The fourth-order valence-corrected chi connectivity index (χ4v) is 4.94. The average Bonchev–Trinajstić information content (AvgIpc) is 3.09. The molecule has 0 unspecified atom stereocenters. The SMILES string of the molecule is OCC1(CNC2CCC3(CCCC3)CC2)CCCC1. The van der Waals surface area contributed by atoms with E-state index in [0.29, 0.717) is 6.61 Å². The van der Waals surface area contributed by atoms with Crippen LogP contribution in [0.5, 0.6) is 0 Å². The molecule has 3 aliphatic rings. The van der Waals surface area contributed by atoms with Gasteiger partial charge in [-0.25, -0.2) is 0 Å². The van der Waals surface area contributed by atoms with Gasteiger partial charge in [-0.1, -0.05) is 25.7 Å². The molecule has 0 aromatic carbocycles. The molecule has 3 saturated carbocycles. The van der Waals surface area contributed by atoms with Crippen LogP contribution < -0.4 is 5.32 Å². The Kier molecular flexibility index (Phi) is 4.19.